The molecule has 0 saturated heterocycles. The summed E-state index contributed by atoms with van der Waals surface area (Å²) in [7, 11) is 1.19. The molecule has 0 aromatic heterocycles. The van der Waals surface area contributed by atoms with Gasteiger partial charge in [-0.2, -0.15) is 0 Å². The van der Waals surface area contributed by atoms with Gasteiger partial charge in [0.1, 0.15) is 0 Å². The standard InChI is InChI=1S/C10H9NO5/c1-16-9(10(12)13)6-7-4-2-3-5-8(7)11(14)15/h2-6H,1H3,(H,12,13)/b9-6-. The molecule has 1 rings (SSSR count). The van der Waals surface area contributed by atoms with Crippen LogP contribution in [-0.2, 0) is 9.53 Å². The minimum Gasteiger partial charge on any atom is -0.490 e. The van der Waals surface area contributed by atoms with Gasteiger partial charge in [-0.15, -0.1) is 0 Å². The summed E-state index contributed by atoms with van der Waals surface area (Å²) in [6.07, 6.45) is 1.11. The molecule has 0 heterocycles. The highest BCUT2D eigenvalue weighted by atomic mass is 16.6. The first kappa shape index (κ1) is 11.7. The van der Waals surface area contributed by atoms with E-state index >= 15 is 0 Å². The van der Waals surface area contributed by atoms with Gasteiger partial charge in [0, 0.05) is 12.1 Å². The van der Waals surface area contributed by atoms with E-state index in [0.717, 1.165) is 6.08 Å². The lowest BCUT2D eigenvalue weighted by molar-refractivity contribution is -0.385. The lowest BCUT2D eigenvalue weighted by Gasteiger charge is -2.01. The van der Waals surface area contributed by atoms with Crippen LogP contribution in [0.15, 0.2) is 30.0 Å². The molecular weight excluding hydrogens is 214 g/mol. The Balaban J connectivity index is 3.23. The fraction of sp³-hybridized carbons (Fsp3) is 0.100. The highest BCUT2D eigenvalue weighted by Crippen LogP contribution is 2.20. The number of rotatable bonds is 4. The van der Waals surface area contributed by atoms with E-state index in [4.69, 9.17) is 5.11 Å². The molecule has 6 heteroatoms. The second-order valence-electron chi connectivity index (χ2n) is 2.83. The molecule has 0 unspecified atom stereocenters. The number of nitrogens with zero attached hydrogens (tertiary/aromatic N) is 1. The third-order valence-corrected chi connectivity index (χ3v) is 1.85. The van der Waals surface area contributed by atoms with Gasteiger partial charge in [-0.05, 0) is 6.07 Å². The number of nitro benzene ring substituents is 1. The number of carboxylic acids is 1. The first-order valence-electron chi connectivity index (χ1n) is 4.28. The van der Waals surface area contributed by atoms with E-state index in [0.29, 0.717) is 0 Å². The Labute approximate surface area is 90.9 Å². The summed E-state index contributed by atoms with van der Waals surface area (Å²) < 4.78 is 4.59. The molecule has 0 spiro atoms. The van der Waals surface area contributed by atoms with E-state index in [1.54, 1.807) is 6.07 Å². The van der Waals surface area contributed by atoms with Crippen LogP contribution in [0.4, 0.5) is 5.69 Å². The number of aliphatic carboxylic acids is 1. The molecule has 0 aliphatic heterocycles. The van der Waals surface area contributed by atoms with Crippen LogP contribution in [0.3, 0.4) is 0 Å². The maximum absolute atomic E-state index is 10.7. The van der Waals surface area contributed by atoms with E-state index in [2.05, 4.69) is 4.74 Å². The zero-order valence-corrected chi connectivity index (χ0v) is 8.41. The Morgan fingerprint density at radius 1 is 1.50 bits per heavy atom. The molecule has 0 aliphatic carbocycles. The molecule has 1 N–H and O–H groups in total. The van der Waals surface area contributed by atoms with Crippen molar-refractivity contribution in [2.75, 3.05) is 7.11 Å². The molecule has 6 nitrogen and oxygen atoms in total. The predicted molar refractivity (Wildman–Crippen MR) is 55.7 cm³/mol. The average molecular weight is 223 g/mol. The molecule has 16 heavy (non-hydrogen) atoms. The second-order valence-corrected chi connectivity index (χ2v) is 2.83. The minimum atomic E-state index is -1.28. The lowest BCUT2D eigenvalue weighted by Crippen LogP contribution is -2.02. The van der Waals surface area contributed by atoms with Crippen LogP contribution in [0.2, 0.25) is 0 Å². The highest BCUT2D eigenvalue weighted by molar-refractivity contribution is 5.90. The van der Waals surface area contributed by atoms with Gasteiger partial charge in [-0.1, -0.05) is 12.1 Å². The Morgan fingerprint density at radius 3 is 2.62 bits per heavy atom. The van der Waals surface area contributed by atoms with Gasteiger partial charge in [0.2, 0.25) is 5.76 Å². The van der Waals surface area contributed by atoms with Crippen LogP contribution in [0.25, 0.3) is 6.08 Å². The third kappa shape index (κ3) is 2.57. The van der Waals surface area contributed by atoms with Crippen molar-refractivity contribution in [1.82, 2.24) is 0 Å². The third-order valence-electron chi connectivity index (χ3n) is 1.85. The van der Waals surface area contributed by atoms with Crippen LogP contribution < -0.4 is 0 Å². The second kappa shape index (κ2) is 4.92. The number of benzene rings is 1. The van der Waals surface area contributed by atoms with Gasteiger partial charge in [-0.3, -0.25) is 10.1 Å². The van der Waals surface area contributed by atoms with Gasteiger partial charge >= 0.3 is 5.97 Å². The van der Waals surface area contributed by atoms with Crippen molar-refractivity contribution in [2.24, 2.45) is 0 Å². The lowest BCUT2D eigenvalue weighted by atomic mass is 10.1. The largest absolute Gasteiger partial charge is 0.490 e. The molecule has 0 atom stereocenters. The van der Waals surface area contributed by atoms with Gasteiger partial charge in [-0.25, -0.2) is 4.79 Å². The summed E-state index contributed by atoms with van der Waals surface area (Å²) in [6, 6.07) is 5.82. The van der Waals surface area contributed by atoms with E-state index in [1.807, 2.05) is 0 Å². The average Bonchev–Trinajstić information content (AvgIpc) is 2.25. The minimum absolute atomic E-state index is 0.168. The van der Waals surface area contributed by atoms with Crippen LogP contribution in [0.1, 0.15) is 5.56 Å². The molecule has 0 amide bonds. The molecule has 84 valence electrons. The number of methoxy groups -OCH3 is 1. The van der Waals surface area contributed by atoms with Crippen LogP contribution >= 0.6 is 0 Å². The van der Waals surface area contributed by atoms with Crippen LogP contribution in [0.5, 0.6) is 0 Å². The Bertz CT molecular complexity index is 452. The first-order valence-corrected chi connectivity index (χ1v) is 4.28. The van der Waals surface area contributed by atoms with Crippen LogP contribution in [0, 0.1) is 10.1 Å². The van der Waals surface area contributed by atoms with E-state index in [-0.39, 0.29) is 17.0 Å². The van der Waals surface area contributed by atoms with Crippen molar-refractivity contribution < 1.29 is 19.6 Å². The molecule has 1 aromatic carbocycles. The number of nitro groups is 1. The molecule has 1 aromatic rings. The maximum Gasteiger partial charge on any atom is 0.371 e. The number of carbonyl (C=O) groups is 1. The summed E-state index contributed by atoms with van der Waals surface area (Å²) in [5, 5.41) is 19.4. The number of hydrogen-bond donors (Lipinski definition) is 1. The van der Waals surface area contributed by atoms with E-state index < -0.39 is 10.9 Å². The van der Waals surface area contributed by atoms with Gasteiger partial charge in [0.25, 0.3) is 5.69 Å². The Kier molecular flexibility index (Phi) is 3.60. The van der Waals surface area contributed by atoms with Gasteiger partial charge in [0.05, 0.1) is 17.6 Å². The topological polar surface area (TPSA) is 89.7 Å². The fourth-order valence-corrected chi connectivity index (χ4v) is 1.13. The van der Waals surface area contributed by atoms with Crippen molar-refractivity contribution in [3.05, 3.63) is 45.7 Å². The summed E-state index contributed by atoms with van der Waals surface area (Å²) in [4.78, 5) is 20.7. The van der Waals surface area contributed by atoms with Gasteiger partial charge in [0.15, 0.2) is 0 Å². The monoisotopic (exact) mass is 223 g/mol. The molecule has 0 fully saturated rings. The molecule has 0 radical (unpaired) electrons. The molecule has 0 saturated carbocycles. The van der Waals surface area contributed by atoms with E-state index in [9.17, 15) is 14.9 Å². The van der Waals surface area contributed by atoms with E-state index in [1.165, 1.54) is 25.3 Å². The normalized spacial score (nSPS) is 10.9. The van der Waals surface area contributed by atoms with Crippen molar-refractivity contribution in [3.8, 4) is 0 Å². The van der Waals surface area contributed by atoms with Crippen molar-refractivity contribution >= 4 is 17.7 Å². The summed E-state index contributed by atoms with van der Waals surface area (Å²) in [5.41, 5.74) is 0.0186. The first-order chi connectivity index (χ1) is 7.56. The zero-order valence-electron chi connectivity index (χ0n) is 8.41. The number of para-hydroxylation sites is 1. The zero-order chi connectivity index (χ0) is 12.1. The fourth-order valence-electron chi connectivity index (χ4n) is 1.13. The number of ether oxygens (including phenoxy) is 1. The predicted octanol–water partition coefficient (Wildman–Crippen LogP) is 1.67. The quantitative estimate of drug-likeness (QED) is 0.363. The van der Waals surface area contributed by atoms with Crippen molar-refractivity contribution in [1.29, 1.82) is 0 Å². The summed E-state index contributed by atoms with van der Waals surface area (Å²) >= 11 is 0. The van der Waals surface area contributed by atoms with Crippen molar-refractivity contribution in [2.45, 2.75) is 0 Å². The SMILES string of the molecule is CO/C(=C\c1ccccc1[N+](=O)[O-])C(=O)O. The number of hydrogen-bond acceptors (Lipinski definition) is 4. The Morgan fingerprint density at radius 2 is 2.12 bits per heavy atom. The molecule has 0 aliphatic rings. The van der Waals surface area contributed by atoms with Crippen LogP contribution in [-0.4, -0.2) is 23.1 Å². The molecular formula is C10H9NO5. The smallest absolute Gasteiger partial charge is 0.371 e. The van der Waals surface area contributed by atoms with Gasteiger partial charge < -0.3 is 9.84 Å². The summed E-state index contributed by atoms with van der Waals surface area (Å²) in [5.74, 6) is -1.63. The number of carboxylic acid groups (broad SMARTS) is 1. The molecule has 0 bridgehead atoms. The van der Waals surface area contributed by atoms with Crippen molar-refractivity contribution in [3.63, 3.8) is 0 Å². The highest BCUT2D eigenvalue weighted by Gasteiger charge is 2.14. The Hall–Kier alpha value is -2.37. The summed E-state index contributed by atoms with van der Waals surface area (Å²) in [6.45, 7) is 0. The maximum atomic E-state index is 10.7.